The largest absolute Gasteiger partial charge is 0.309 e. The molecule has 4 nitrogen and oxygen atoms in total. The predicted octanol–water partition coefficient (Wildman–Crippen LogP) is 12.4. The molecule has 0 radical (unpaired) electrons. The normalized spacial score (nSPS) is 12.5. The molecule has 1 aliphatic carbocycles. The fourth-order valence-corrected chi connectivity index (χ4v) is 8.96. The van der Waals surface area contributed by atoms with Crippen LogP contribution in [0.3, 0.4) is 0 Å². The number of hydrogen-bond acceptors (Lipinski definition) is 2. The summed E-state index contributed by atoms with van der Waals surface area (Å²) in [4.78, 5) is 8.73. The summed E-state index contributed by atoms with van der Waals surface area (Å²) in [5.74, 6) is 0. The topological polar surface area (TPSA) is 35.6 Å². The molecule has 0 bridgehead atoms. The van der Waals surface area contributed by atoms with Crippen molar-refractivity contribution in [2.24, 2.45) is 0 Å². The van der Waals surface area contributed by atoms with Crippen LogP contribution in [0.4, 0.5) is 0 Å². The van der Waals surface area contributed by atoms with Gasteiger partial charge in [0.1, 0.15) is 0 Å². The second-order valence-electron chi connectivity index (χ2n) is 14.8. The Morgan fingerprint density at radius 3 is 1.22 bits per heavy atom. The summed E-state index contributed by atoms with van der Waals surface area (Å²) in [5.41, 5.74) is 20.0. The van der Waals surface area contributed by atoms with E-state index in [1.807, 2.05) is 24.8 Å². The molecule has 0 saturated carbocycles. The van der Waals surface area contributed by atoms with Crippen LogP contribution in [0.15, 0.2) is 158 Å². The molecular formula is C50H36N4. The summed E-state index contributed by atoms with van der Waals surface area (Å²) in [6.07, 6.45) is 9.56. The molecule has 11 rings (SSSR count). The maximum atomic E-state index is 4.36. The van der Waals surface area contributed by atoms with Gasteiger partial charge in [-0.15, -0.1) is 0 Å². The van der Waals surface area contributed by atoms with Gasteiger partial charge in [0.25, 0.3) is 0 Å². The van der Waals surface area contributed by atoms with Crippen LogP contribution < -0.4 is 0 Å². The highest BCUT2D eigenvalue weighted by molar-refractivity contribution is 6.14. The van der Waals surface area contributed by atoms with Crippen molar-refractivity contribution < 1.29 is 0 Å². The number of rotatable bonds is 4. The third kappa shape index (κ3) is 4.77. The van der Waals surface area contributed by atoms with Crippen LogP contribution in [-0.4, -0.2) is 19.1 Å². The highest BCUT2D eigenvalue weighted by Crippen LogP contribution is 2.45. The van der Waals surface area contributed by atoms with E-state index in [4.69, 9.17) is 0 Å². The van der Waals surface area contributed by atoms with Gasteiger partial charge in [0, 0.05) is 57.7 Å². The first kappa shape index (κ1) is 30.8. The Balaban J connectivity index is 1.17. The van der Waals surface area contributed by atoms with Gasteiger partial charge in [-0.05, 0) is 144 Å². The molecular weight excluding hydrogens is 657 g/mol. The molecule has 0 N–H and O–H groups in total. The van der Waals surface area contributed by atoms with Crippen LogP contribution in [0.2, 0.25) is 0 Å². The molecule has 4 heterocycles. The van der Waals surface area contributed by atoms with Crippen molar-refractivity contribution >= 4 is 43.6 Å². The molecule has 54 heavy (non-hydrogen) atoms. The van der Waals surface area contributed by atoms with Crippen LogP contribution in [-0.2, 0) is 12.8 Å². The fraction of sp³-hybridized carbons (Fsp3) is 0.0800. The van der Waals surface area contributed by atoms with Gasteiger partial charge in [0.05, 0.1) is 22.1 Å². The summed E-state index contributed by atoms with van der Waals surface area (Å²) >= 11 is 0. The van der Waals surface area contributed by atoms with E-state index in [9.17, 15) is 0 Å². The molecule has 0 fully saturated rings. The maximum Gasteiger partial charge on any atom is 0.0547 e. The third-order valence-electron chi connectivity index (χ3n) is 11.5. The van der Waals surface area contributed by atoms with Crippen LogP contribution in [0.5, 0.6) is 0 Å². The minimum absolute atomic E-state index is 1.00. The molecule has 256 valence electrons. The Hall–Kier alpha value is -6.78. The lowest BCUT2D eigenvalue weighted by molar-refractivity contribution is 0.946. The zero-order valence-corrected chi connectivity index (χ0v) is 30.2. The van der Waals surface area contributed by atoms with Crippen LogP contribution in [0.1, 0.15) is 22.3 Å². The quantitative estimate of drug-likeness (QED) is 0.184. The summed E-state index contributed by atoms with van der Waals surface area (Å²) < 4.78 is 4.83. The van der Waals surface area contributed by atoms with Gasteiger partial charge in [-0.2, -0.15) is 0 Å². The minimum atomic E-state index is 1.00. The highest BCUT2D eigenvalue weighted by Gasteiger charge is 2.24. The zero-order valence-electron chi connectivity index (χ0n) is 30.2. The summed E-state index contributed by atoms with van der Waals surface area (Å²) in [7, 11) is 0. The van der Waals surface area contributed by atoms with E-state index < -0.39 is 0 Å². The predicted molar refractivity (Wildman–Crippen MR) is 224 cm³/mol. The Labute approximate surface area is 313 Å². The summed E-state index contributed by atoms with van der Waals surface area (Å²) in [6.45, 7) is 4.32. The van der Waals surface area contributed by atoms with E-state index in [1.54, 1.807) is 0 Å². The number of hydrogen-bond donors (Lipinski definition) is 0. The van der Waals surface area contributed by atoms with Crippen molar-refractivity contribution in [1.29, 1.82) is 0 Å². The number of pyridine rings is 2. The first-order chi connectivity index (χ1) is 26.6. The second kappa shape index (κ2) is 11.9. The molecule has 4 heteroatoms. The summed E-state index contributed by atoms with van der Waals surface area (Å²) in [5, 5.41) is 5.11. The zero-order chi connectivity index (χ0) is 35.9. The number of benzene rings is 6. The van der Waals surface area contributed by atoms with E-state index in [-0.39, 0.29) is 0 Å². The van der Waals surface area contributed by atoms with E-state index in [0.29, 0.717) is 0 Å². The van der Waals surface area contributed by atoms with Gasteiger partial charge in [0.2, 0.25) is 0 Å². The fourth-order valence-electron chi connectivity index (χ4n) is 8.96. The maximum absolute atomic E-state index is 4.36. The van der Waals surface area contributed by atoms with Crippen LogP contribution in [0.25, 0.3) is 88.4 Å². The molecule has 0 amide bonds. The molecule has 0 aliphatic heterocycles. The van der Waals surface area contributed by atoms with Gasteiger partial charge >= 0.3 is 0 Å². The average Bonchev–Trinajstić information content (AvgIpc) is 3.70. The Kier molecular flexibility index (Phi) is 6.77. The van der Waals surface area contributed by atoms with Gasteiger partial charge in [-0.1, -0.05) is 71.8 Å². The van der Waals surface area contributed by atoms with Crippen molar-refractivity contribution in [3.05, 3.63) is 181 Å². The lowest BCUT2D eigenvalue weighted by atomic mass is 9.84. The Morgan fingerprint density at radius 2 is 0.796 bits per heavy atom. The van der Waals surface area contributed by atoms with E-state index >= 15 is 0 Å². The van der Waals surface area contributed by atoms with E-state index in [2.05, 4.69) is 166 Å². The molecule has 0 saturated heterocycles. The molecule has 1 aliphatic rings. The molecule has 0 atom stereocenters. The standard InChI is InChI=1S/C50H36N4/c1-31-5-3-7-33(23-31)35-11-13-47-43(25-35)45-27-37-9-10-38-28-46-44-26-36(34-8-4-6-32(2)24-34)12-14-48(44)54(40-17-21-52-22-18-40)50(46)30-42(38)41(37)29-49(45)53(47)39-15-19-51-20-16-39/h3-8,11-30H,9-10H2,1-2H3. The van der Waals surface area contributed by atoms with Crippen molar-refractivity contribution in [2.75, 3.05) is 0 Å². The average molecular weight is 693 g/mol. The van der Waals surface area contributed by atoms with Crippen molar-refractivity contribution in [2.45, 2.75) is 26.7 Å². The third-order valence-corrected chi connectivity index (χ3v) is 11.5. The lowest BCUT2D eigenvalue weighted by Crippen LogP contribution is -2.05. The number of aromatic nitrogens is 4. The van der Waals surface area contributed by atoms with Gasteiger partial charge in [-0.25, -0.2) is 0 Å². The second-order valence-corrected chi connectivity index (χ2v) is 14.8. The molecule has 10 aromatic rings. The number of nitrogens with zero attached hydrogens (tertiary/aromatic N) is 4. The minimum Gasteiger partial charge on any atom is -0.309 e. The molecule has 4 aromatic heterocycles. The Bertz CT molecular complexity index is 2900. The SMILES string of the molecule is Cc1cccc(-c2ccc3c(c2)c2cc4c(cc2n3-c2ccncc2)-c2cc3c(cc2CC4)c2cc(-c4cccc(C)c4)ccc2n3-c2ccncc2)c1. The summed E-state index contributed by atoms with van der Waals surface area (Å²) in [6, 6.07) is 49.8. The number of aryl methyl sites for hydroxylation is 4. The van der Waals surface area contributed by atoms with Crippen LogP contribution >= 0.6 is 0 Å². The molecule has 0 spiro atoms. The lowest BCUT2D eigenvalue weighted by Gasteiger charge is -2.21. The van der Waals surface area contributed by atoms with Gasteiger partial charge in [0.15, 0.2) is 0 Å². The molecule has 6 aromatic carbocycles. The Morgan fingerprint density at radius 1 is 0.389 bits per heavy atom. The van der Waals surface area contributed by atoms with Crippen LogP contribution in [0, 0.1) is 13.8 Å². The first-order valence-electron chi connectivity index (χ1n) is 18.7. The highest BCUT2D eigenvalue weighted by atomic mass is 15.0. The van der Waals surface area contributed by atoms with Gasteiger partial charge in [-0.3, -0.25) is 9.97 Å². The molecule has 0 unspecified atom stereocenters. The van der Waals surface area contributed by atoms with Crippen molar-refractivity contribution in [3.63, 3.8) is 0 Å². The van der Waals surface area contributed by atoms with Crippen molar-refractivity contribution in [3.8, 4) is 44.8 Å². The smallest absolute Gasteiger partial charge is 0.0547 e. The first-order valence-corrected chi connectivity index (χ1v) is 18.7. The van der Waals surface area contributed by atoms with Crippen molar-refractivity contribution in [1.82, 2.24) is 19.1 Å². The van der Waals surface area contributed by atoms with E-state index in [1.165, 1.54) is 99.2 Å². The monoisotopic (exact) mass is 692 g/mol. The van der Waals surface area contributed by atoms with Gasteiger partial charge < -0.3 is 9.13 Å². The van der Waals surface area contributed by atoms with E-state index in [0.717, 1.165) is 24.2 Å². The number of fused-ring (bicyclic) bond motifs is 9.